The van der Waals surface area contributed by atoms with Gasteiger partial charge in [0.05, 0.1) is 12.5 Å². The highest BCUT2D eigenvalue weighted by Crippen LogP contribution is 2.45. The average molecular weight is 379 g/mol. The molecule has 1 atom stereocenters. The number of hydrogen-bond donors (Lipinski definition) is 2. The van der Waals surface area contributed by atoms with Crippen molar-refractivity contribution >= 4 is 17.5 Å². The lowest BCUT2D eigenvalue weighted by atomic mass is 9.81. The maximum atomic E-state index is 13.2. The number of nitrogens with one attached hydrogen (secondary N) is 2. The first-order chi connectivity index (χ1) is 13.6. The number of carbonyl (C=O) groups is 2. The van der Waals surface area contributed by atoms with Gasteiger partial charge in [0.15, 0.2) is 0 Å². The third-order valence-corrected chi connectivity index (χ3v) is 5.72. The molecule has 1 saturated heterocycles. The molecule has 1 fully saturated rings. The summed E-state index contributed by atoms with van der Waals surface area (Å²) in [5.74, 6) is 0.706. The van der Waals surface area contributed by atoms with E-state index in [2.05, 4.69) is 10.6 Å². The molecule has 0 radical (unpaired) electrons. The molecule has 6 heteroatoms. The highest BCUT2D eigenvalue weighted by molar-refractivity contribution is 6.11. The Labute approximate surface area is 164 Å². The van der Waals surface area contributed by atoms with E-state index < -0.39 is 5.41 Å². The molecule has 2 aliphatic heterocycles. The van der Waals surface area contributed by atoms with Crippen molar-refractivity contribution in [2.24, 2.45) is 0 Å². The number of hydrogen-bond acceptors (Lipinski definition) is 4. The molecule has 4 rings (SSSR count). The molecule has 2 aromatic carbocycles. The number of ether oxygens (including phenoxy) is 1. The standard InChI is InChI=1S/C22H25N3O3/c1-28-17-8-6-16(7-9-17)10-12-24-20(26)14-25-19-5-3-2-4-18(19)22(21(25)27)11-13-23-15-22/h2-9,23H,10-15H2,1H3,(H,24,26). The van der Waals surface area contributed by atoms with Crippen LogP contribution in [-0.2, 0) is 21.4 Å². The quantitative estimate of drug-likeness (QED) is 0.800. The number of para-hydroxylation sites is 1. The van der Waals surface area contributed by atoms with Crippen LogP contribution >= 0.6 is 0 Å². The Morgan fingerprint density at radius 2 is 2.00 bits per heavy atom. The van der Waals surface area contributed by atoms with Gasteiger partial charge in [-0.05, 0) is 48.7 Å². The van der Waals surface area contributed by atoms with E-state index in [0.717, 1.165) is 42.0 Å². The van der Waals surface area contributed by atoms with E-state index in [-0.39, 0.29) is 18.4 Å². The zero-order chi connectivity index (χ0) is 19.6. The summed E-state index contributed by atoms with van der Waals surface area (Å²) in [5, 5.41) is 6.24. The number of anilines is 1. The number of benzene rings is 2. The summed E-state index contributed by atoms with van der Waals surface area (Å²) in [7, 11) is 1.64. The number of carbonyl (C=O) groups excluding carboxylic acids is 2. The van der Waals surface area contributed by atoms with Crippen molar-refractivity contribution in [2.45, 2.75) is 18.3 Å². The molecular formula is C22H25N3O3. The van der Waals surface area contributed by atoms with Gasteiger partial charge in [0.2, 0.25) is 11.8 Å². The molecular weight excluding hydrogens is 354 g/mol. The number of rotatable bonds is 6. The second-order valence-electron chi connectivity index (χ2n) is 7.37. The van der Waals surface area contributed by atoms with Crippen molar-refractivity contribution in [3.05, 3.63) is 59.7 Å². The third-order valence-electron chi connectivity index (χ3n) is 5.72. The molecule has 2 aliphatic rings. The van der Waals surface area contributed by atoms with Gasteiger partial charge in [-0.15, -0.1) is 0 Å². The van der Waals surface area contributed by atoms with Crippen LogP contribution in [0.5, 0.6) is 5.75 Å². The van der Waals surface area contributed by atoms with Gasteiger partial charge in [-0.25, -0.2) is 0 Å². The van der Waals surface area contributed by atoms with Gasteiger partial charge in [0, 0.05) is 18.8 Å². The van der Waals surface area contributed by atoms with Crippen LogP contribution < -0.4 is 20.3 Å². The van der Waals surface area contributed by atoms with E-state index in [0.29, 0.717) is 13.1 Å². The van der Waals surface area contributed by atoms with Crippen LogP contribution in [-0.4, -0.2) is 45.1 Å². The minimum Gasteiger partial charge on any atom is -0.497 e. The Bertz CT molecular complexity index is 873. The summed E-state index contributed by atoms with van der Waals surface area (Å²) in [6, 6.07) is 15.6. The second-order valence-corrected chi connectivity index (χ2v) is 7.37. The Balaban J connectivity index is 1.38. The van der Waals surface area contributed by atoms with Gasteiger partial charge in [-0.1, -0.05) is 30.3 Å². The predicted octanol–water partition coefficient (Wildman–Crippen LogP) is 1.63. The molecule has 1 unspecified atom stereocenters. The first-order valence-corrected chi connectivity index (χ1v) is 9.66. The van der Waals surface area contributed by atoms with Gasteiger partial charge in [0.25, 0.3) is 0 Å². The van der Waals surface area contributed by atoms with Gasteiger partial charge >= 0.3 is 0 Å². The molecule has 2 amide bonds. The predicted molar refractivity (Wildman–Crippen MR) is 108 cm³/mol. The van der Waals surface area contributed by atoms with Crippen LogP contribution in [0.3, 0.4) is 0 Å². The van der Waals surface area contributed by atoms with E-state index in [4.69, 9.17) is 4.74 Å². The Kier molecular flexibility index (Phi) is 5.05. The van der Waals surface area contributed by atoms with E-state index >= 15 is 0 Å². The molecule has 6 nitrogen and oxygen atoms in total. The fourth-order valence-corrected chi connectivity index (χ4v) is 4.20. The average Bonchev–Trinajstić information content (AvgIpc) is 3.30. The zero-order valence-electron chi connectivity index (χ0n) is 16.0. The van der Waals surface area contributed by atoms with Crippen molar-refractivity contribution in [2.75, 3.05) is 38.2 Å². The summed E-state index contributed by atoms with van der Waals surface area (Å²) in [4.78, 5) is 27.3. The lowest BCUT2D eigenvalue weighted by Crippen LogP contribution is -2.46. The highest BCUT2D eigenvalue weighted by Gasteiger charge is 2.52. The topological polar surface area (TPSA) is 70.7 Å². The SMILES string of the molecule is COc1ccc(CCNC(=O)CN2C(=O)C3(CCNC3)c3ccccc32)cc1. The number of nitrogens with zero attached hydrogens (tertiary/aromatic N) is 1. The molecule has 0 saturated carbocycles. The van der Waals surface area contributed by atoms with Crippen LogP contribution in [0.25, 0.3) is 0 Å². The van der Waals surface area contributed by atoms with Crippen LogP contribution in [0.2, 0.25) is 0 Å². The molecule has 2 N–H and O–H groups in total. The van der Waals surface area contributed by atoms with Crippen LogP contribution in [0.4, 0.5) is 5.69 Å². The van der Waals surface area contributed by atoms with Crippen molar-refractivity contribution in [3.63, 3.8) is 0 Å². The molecule has 0 bridgehead atoms. The molecule has 146 valence electrons. The van der Waals surface area contributed by atoms with Gasteiger partial charge in [0.1, 0.15) is 12.3 Å². The third kappa shape index (κ3) is 3.24. The van der Waals surface area contributed by atoms with Gasteiger partial charge in [-0.3, -0.25) is 9.59 Å². The first kappa shape index (κ1) is 18.5. The summed E-state index contributed by atoms with van der Waals surface area (Å²) in [5.41, 5.74) is 2.51. The van der Waals surface area contributed by atoms with E-state index in [1.165, 1.54) is 0 Å². The second kappa shape index (κ2) is 7.64. The highest BCUT2D eigenvalue weighted by atomic mass is 16.5. The molecule has 1 spiro atoms. The monoisotopic (exact) mass is 379 g/mol. The first-order valence-electron chi connectivity index (χ1n) is 9.66. The summed E-state index contributed by atoms with van der Waals surface area (Å²) >= 11 is 0. The van der Waals surface area contributed by atoms with Crippen molar-refractivity contribution in [1.29, 1.82) is 0 Å². The number of methoxy groups -OCH3 is 1. The van der Waals surface area contributed by atoms with Crippen molar-refractivity contribution in [3.8, 4) is 5.75 Å². The summed E-state index contributed by atoms with van der Waals surface area (Å²) < 4.78 is 5.15. The summed E-state index contributed by atoms with van der Waals surface area (Å²) in [6.45, 7) is 2.04. The maximum absolute atomic E-state index is 13.2. The molecule has 2 heterocycles. The lowest BCUT2D eigenvalue weighted by Gasteiger charge is -2.22. The van der Waals surface area contributed by atoms with E-state index in [1.54, 1.807) is 12.0 Å². The molecule has 28 heavy (non-hydrogen) atoms. The molecule has 0 aromatic heterocycles. The minimum absolute atomic E-state index is 0.0315. The molecule has 2 aromatic rings. The Morgan fingerprint density at radius 1 is 1.21 bits per heavy atom. The Hall–Kier alpha value is -2.86. The fraction of sp³-hybridized carbons (Fsp3) is 0.364. The van der Waals surface area contributed by atoms with Crippen LogP contribution in [0.1, 0.15) is 17.5 Å². The van der Waals surface area contributed by atoms with Gasteiger partial charge < -0.3 is 20.3 Å². The number of amides is 2. The van der Waals surface area contributed by atoms with Crippen LogP contribution in [0.15, 0.2) is 48.5 Å². The van der Waals surface area contributed by atoms with Crippen molar-refractivity contribution in [1.82, 2.24) is 10.6 Å². The fourth-order valence-electron chi connectivity index (χ4n) is 4.20. The smallest absolute Gasteiger partial charge is 0.240 e. The van der Waals surface area contributed by atoms with Crippen molar-refractivity contribution < 1.29 is 14.3 Å². The molecule has 0 aliphatic carbocycles. The lowest BCUT2D eigenvalue weighted by molar-refractivity contribution is -0.125. The number of fused-ring (bicyclic) bond motifs is 2. The van der Waals surface area contributed by atoms with E-state index in [1.807, 2.05) is 48.5 Å². The van der Waals surface area contributed by atoms with E-state index in [9.17, 15) is 9.59 Å². The minimum atomic E-state index is -0.514. The van der Waals surface area contributed by atoms with Gasteiger partial charge in [-0.2, -0.15) is 0 Å². The maximum Gasteiger partial charge on any atom is 0.240 e. The largest absolute Gasteiger partial charge is 0.497 e. The Morgan fingerprint density at radius 3 is 2.71 bits per heavy atom. The summed E-state index contributed by atoms with van der Waals surface area (Å²) in [6.07, 6.45) is 1.51. The zero-order valence-corrected chi connectivity index (χ0v) is 16.0. The normalized spacial score (nSPS) is 20.5. The van der Waals surface area contributed by atoms with Crippen LogP contribution in [0, 0.1) is 0 Å².